The van der Waals surface area contributed by atoms with Crippen molar-refractivity contribution in [1.29, 1.82) is 0 Å². The number of hydrogen-bond donors (Lipinski definition) is 0. The van der Waals surface area contributed by atoms with Gasteiger partial charge in [-0.2, -0.15) is 0 Å². The number of thioether (sulfide) groups is 1. The number of amides is 1. The van der Waals surface area contributed by atoms with Crippen molar-refractivity contribution < 1.29 is 23.8 Å². The fraction of sp³-hybridized carbons (Fsp3) is 0.667. The number of ether oxygens (including phenoxy) is 3. The van der Waals surface area contributed by atoms with E-state index in [4.69, 9.17) is 14.2 Å². The van der Waals surface area contributed by atoms with E-state index in [0.717, 1.165) is 9.88 Å². The minimum Gasteiger partial charge on any atom is -0.455 e. The average Bonchev–Trinajstić information content (AvgIpc) is 3.34. The van der Waals surface area contributed by atoms with Crippen LogP contribution in [-0.2, 0) is 23.8 Å². The van der Waals surface area contributed by atoms with Crippen molar-refractivity contribution in [3.05, 3.63) is 16.1 Å². The molecule has 0 radical (unpaired) electrons. The van der Waals surface area contributed by atoms with E-state index in [0.29, 0.717) is 31.3 Å². The Morgan fingerprint density at radius 1 is 1.46 bits per heavy atom. The van der Waals surface area contributed by atoms with Gasteiger partial charge < -0.3 is 19.1 Å². The molecule has 1 amide bonds. The first-order valence-corrected chi connectivity index (χ1v) is 9.83. The standard InChI is InChI=1S/C15H20N2O5S2/c1-3-12(18)17-8-23-7-10(17)14(19)22-9(2)11-6-16-13(24-11)15-20-4-5-21-15/h6,9-10,15H,3-5,7-8H2,1-2H3/t9-,10+/m0/s1. The van der Waals surface area contributed by atoms with E-state index < -0.39 is 18.4 Å². The fourth-order valence-corrected chi connectivity index (χ4v) is 4.56. The molecule has 3 heterocycles. The van der Waals surface area contributed by atoms with Crippen molar-refractivity contribution in [1.82, 2.24) is 9.88 Å². The molecule has 2 fully saturated rings. The molecule has 0 bridgehead atoms. The smallest absolute Gasteiger partial charge is 0.330 e. The zero-order valence-corrected chi connectivity index (χ0v) is 15.2. The third-order valence-corrected chi connectivity index (χ3v) is 6.03. The van der Waals surface area contributed by atoms with Gasteiger partial charge in [0.2, 0.25) is 12.2 Å². The maximum absolute atomic E-state index is 12.4. The normalized spacial score (nSPS) is 22.8. The Labute approximate surface area is 148 Å². The monoisotopic (exact) mass is 372 g/mol. The van der Waals surface area contributed by atoms with Gasteiger partial charge in [0.1, 0.15) is 17.2 Å². The van der Waals surface area contributed by atoms with E-state index >= 15 is 0 Å². The van der Waals surface area contributed by atoms with E-state index in [-0.39, 0.29) is 11.9 Å². The molecule has 0 aliphatic carbocycles. The third-order valence-electron chi connectivity index (χ3n) is 3.84. The first kappa shape index (κ1) is 17.7. The molecule has 24 heavy (non-hydrogen) atoms. The van der Waals surface area contributed by atoms with Crippen LogP contribution in [-0.4, -0.2) is 52.6 Å². The van der Waals surface area contributed by atoms with Crippen LogP contribution in [0.4, 0.5) is 0 Å². The van der Waals surface area contributed by atoms with Crippen LogP contribution in [0.15, 0.2) is 6.20 Å². The predicted molar refractivity (Wildman–Crippen MR) is 89.5 cm³/mol. The first-order valence-electron chi connectivity index (χ1n) is 7.86. The van der Waals surface area contributed by atoms with Gasteiger partial charge in [-0.15, -0.1) is 23.1 Å². The molecule has 9 heteroatoms. The lowest BCUT2D eigenvalue weighted by atomic mass is 10.2. The van der Waals surface area contributed by atoms with Gasteiger partial charge in [0.15, 0.2) is 0 Å². The maximum atomic E-state index is 12.4. The third kappa shape index (κ3) is 3.74. The minimum atomic E-state index is -0.501. The number of thiazole rings is 1. The molecule has 2 aliphatic heterocycles. The van der Waals surface area contributed by atoms with Gasteiger partial charge in [-0.05, 0) is 6.92 Å². The second-order valence-corrected chi connectivity index (χ2v) is 7.58. The van der Waals surface area contributed by atoms with E-state index in [9.17, 15) is 9.59 Å². The number of nitrogens with zero attached hydrogens (tertiary/aromatic N) is 2. The summed E-state index contributed by atoms with van der Waals surface area (Å²) < 4.78 is 16.4. The molecular formula is C15H20N2O5S2. The summed E-state index contributed by atoms with van der Waals surface area (Å²) in [6.45, 7) is 4.72. The van der Waals surface area contributed by atoms with Crippen molar-refractivity contribution >= 4 is 35.0 Å². The second-order valence-electron chi connectivity index (χ2n) is 5.49. The SMILES string of the molecule is CCC(=O)N1CSC[C@@H]1C(=O)O[C@@H](C)c1cnc(C2OCCO2)s1. The van der Waals surface area contributed by atoms with Crippen molar-refractivity contribution in [2.75, 3.05) is 24.8 Å². The summed E-state index contributed by atoms with van der Waals surface area (Å²) in [7, 11) is 0. The van der Waals surface area contributed by atoms with E-state index in [2.05, 4.69) is 4.98 Å². The van der Waals surface area contributed by atoms with Crippen LogP contribution >= 0.6 is 23.1 Å². The summed E-state index contributed by atoms with van der Waals surface area (Å²) in [6.07, 6.45) is 1.23. The Morgan fingerprint density at radius 3 is 2.92 bits per heavy atom. The van der Waals surface area contributed by atoms with E-state index in [1.54, 1.807) is 36.7 Å². The van der Waals surface area contributed by atoms with Crippen LogP contribution in [0.5, 0.6) is 0 Å². The van der Waals surface area contributed by atoms with E-state index in [1.807, 2.05) is 0 Å². The van der Waals surface area contributed by atoms with Gasteiger partial charge in [-0.1, -0.05) is 6.92 Å². The highest BCUT2D eigenvalue weighted by Crippen LogP contribution is 2.32. The molecule has 132 valence electrons. The lowest BCUT2D eigenvalue weighted by Crippen LogP contribution is -2.42. The Bertz CT molecular complexity index is 602. The van der Waals surface area contributed by atoms with Crippen LogP contribution in [0.3, 0.4) is 0 Å². The lowest BCUT2D eigenvalue weighted by molar-refractivity contribution is -0.157. The van der Waals surface area contributed by atoms with Crippen LogP contribution in [0, 0.1) is 0 Å². The van der Waals surface area contributed by atoms with Gasteiger partial charge in [-0.25, -0.2) is 9.78 Å². The molecule has 2 aliphatic rings. The van der Waals surface area contributed by atoms with Gasteiger partial charge in [0, 0.05) is 18.4 Å². The minimum absolute atomic E-state index is 0.0230. The Kier molecular flexibility index (Phi) is 5.75. The highest BCUT2D eigenvalue weighted by atomic mass is 32.2. The highest BCUT2D eigenvalue weighted by molar-refractivity contribution is 7.99. The number of aromatic nitrogens is 1. The molecule has 1 aromatic rings. The molecule has 0 N–H and O–H groups in total. The topological polar surface area (TPSA) is 78.0 Å². The van der Waals surface area contributed by atoms with Crippen molar-refractivity contribution in [3.8, 4) is 0 Å². The fourth-order valence-electron chi connectivity index (χ4n) is 2.50. The van der Waals surface area contributed by atoms with Crippen LogP contribution in [0.2, 0.25) is 0 Å². The molecule has 0 aromatic carbocycles. The summed E-state index contributed by atoms with van der Waals surface area (Å²) in [5.41, 5.74) is 0. The zero-order valence-electron chi connectivity index (χ0n) is 13.6. The second kappa shape index (κ2) is 7.81. The summed E-state index contributed by atoms with van der Waals surface area (Å²) in [5, 5.41) is 0.726. The van der Waals surface area contributed by atoms with Gasteiger partial charge in [0.25, 0.3) is 0 Å². The molecule has 7 nitrogen and oxygen atoms in total. The Morgan fingerprint density at radius 2 is 2.21 bits per heavy atom. The van der Waals surface area contributed by atoms with Gasteiger partial charge in [-0.3, -0.25) is 4.79 Å². The summed E-state index contributed by atoms with van der Waals surface area (Å²) in [4.78, 5) is 31.0. The summed E-state index contributed by atoms with van der Waals surface area (Å²) >= 11 is 2.98. The van der Waals surface area contributed by atoms with Gasteiger partial charge >= 0.3 is 5.97 Å². The van der Waals surface area contributed by atoms with Crippen molar-refractivity contribution in [2.24, 2.45) is 0 Å². The zero-order chi connectivity index (χ0) is 17.1. The van der Waals surface area contributed by atoms with Crippen molar-refractivity contribution in [2.45, 2.75) is 38.7 Å². The number of carbonyl (C=O) groups is 2. The molecule has 0 unspecified atom stereocenters. The van der Waals surface area contributed by atoms with E-state index in [1.165, 1.54) is 11.3 Å². The van der Waals surface area contributed by atoms with Crippen LogP contribution < -0.4 is 0 Å². The number of rotatable bonds is 5. The quantitative estimate of drug-likeness (QED) is 0.733. The molecular weight excluding hydrogens is 352 g/mol. The Hall–Kier alpha value is -1.16. The first-order chi connectivity index (χ1) is 11.6. The number of hydrogen-bond acceptors (Lipinski definition) is 8. The van der Waals surface area contributed by atoms with Gasteiger partial charge in [0.05, 0.1) is 24.0 Å². The number of carbonyl (C=O) groups excluding carboxylic acids is 2. The predicted octanol–water partition coefficient (Wildman–Crippen LogP) is 2.10. The molecule has 1 aromatic heterocycles. The van der Waals surface area contributed by atoms with Crippen LogP contribution in [0.1, 0.15) is 42.5 Å². The summed E-state index contributed by atoms with van der Waals surface area (Å²) in [6, 6.07) is -0.501. The molecule has 0 spiro atoms. The molecule has 2 saturated heterocycles. The van der Waals surface area contributed by atoms with Crippen molar-refractivity contribution in [3.63, 3.8) is 0 Å². The molecule has 3 rings (SSSR count). The highest BCUT2D eigenvalue weighted by Gasteiger charge is 2.36. The maximum Gasteiger partial charge on any atom is 0.330 e. The average molecular weight is 372 g/mol. The largest absolute Gasteiger partial charge is 0.455 e. The van der Waals surface area contributed by atoms with Crippen LogP contribution in [0.25, 0.3) is 0 Å². The Balaban J connectivity index is 1.60. The lowest BCUT2D eigenvalue weighted by Gasteiger charge is -2.23. The number of esters is 1. The summed E-state index contributed by atoms with van der Waals surface area (Å²) in [5.74, 6) is 0.736. The molecule has 2 atom stereocenters. The molecule has 0 saturated carbocycles.